The molecule has 0 saturated carbocycles. The van der Waals surface area contributed by atoms with Gasteiger partial charge in [-0.05, 0) is 20.9 Å². The van der Waals surface area contributed by atoms with Gasteiger partial charge in [0.15, 0.2) is 5.78 Å². The van der Waals surface area contributed by atoms with Gasteiger partial charge in [-0.15, -0.1) is 0 Å². The molecule has 0 spiro atoms. The van der Waals surface area contributed by atoms with Crippen LogP contribution >= 0.6 is 0 Å². The lowest BCUT2D eigenvalue weighted by Gasteiger charge is -2.19. The van der Waals surface area contributed by atoms with E-state index < -0.39 is 24.0 Å². The van der Waals surface area contributed by atoms with E-state index in [4.69, 9.17) is 0 Å². The predicted octanol–water partition coefficient (Wildman–Crippen LogP) is -2.23. The highest BCUT2D eigenvalue weighted by molar-refractivity contribution is 5.92. The minimum atomic E-state index is -1.40. The number of amides is 1. The number of Topliss-reactive ketones (excluding diaryl/α,β-unsaturated/α-hetero) is 2. The van der Waals surface area contributed by atoms with E-state index in [2.05, 4.69) is 10.6 Å². The molecule has 0 aromatic carbocycles. The van der Waals surface area contributed by atoms with Gasteiger partial charge in [-0.1, -0.05) is 0 Å². The third-order valence-corrected chi connectivity index (χ3v) is 2.34. The largest absolute Gasteiger partial charge is 0.548 e. The fourth-order valence-corrected chi connectivity index (χ4v) is 1.33. The number of likely N-dealkylation sites (N-methyl/N-ethyl adjacent to an activating group) is 1. The highest BCUT2D eigenvalue weighted by atomic mass is 16.4. The minimum absolute atomic E-state index is 0.101. The molecule has 102 valence electrons. The Morgan fingerprint density at radius 3 is 1.94 bits per heavy atom. The van der Waals surface area contributed by atoms with E-state index >= 15 is 0 Å². The third-order valence-electron chi connectivity index (χ3n) is 2.34. The fourth-order valence-electron chi connectivity index (χ4n) is 1.33. The molecular formula is C11H17N2O5-. The number of hydrogen-bond donors (Lipinski definition) is 2. The second kappa shape index (κ2) is 7.54. The molecule has 0 rings (SSSR count). The second-order valence-electron chi connectivity index (χ2n) is 4.00. The molecule has 1 amide bonds. The molecule has 2 N–H and O–H groups in total. The van der Waals surface area contributed by atoms with Crippen molar-refractivity contribution in [2.75, 3.05) is 7.05 Å². The average molecular weight is 257 g/mol. The van der Waals surface area contributed by atoms with Crippen molar-refractivity contribution < 1.29 is 24.3 Å². The number of hydrogen-bond acceptors (Lipinski definition) is 6. The molecule has 2 atom stereocenters. The van der Waals surface area contributed by atoms with Crippen LogP contribution in [0.15, 0.2) is 0 Å². The zero-order valence-corrected chi connectivity index (χ0v) is 10.6. The van der Waals surface area contributed by atoms with Gasteiger partial charge in [0.2, 0.25) is 5.91 Å². The average Bonchev–Trinajstić information content (AvgIpc) is 2.23. The van der Waals surface area contributed by atoms with E-state index in [0.717, 1.165) is 0 Å². The number of carboxylic acid groups (broad SMARTS) is 1. The van der Waals surface area contributed by atoms with Crippen LogP contribution in [0.4, 0.5) is 0 Å². The Bertz CT molecular complexity index is 353. The molecule has 7 nitrogen and oxygen atoms in total. The van der Waals surface area contributed by atoms with Crippen molar-refractivity contribution in [3.8, 4) is 0 Å². The normalized spacial score (nSPS) is 13.5. The van der Waals surface area contributed by atoms with E-state index in [9.17, 15) is 24.3 Å². The Labute approximate surface area is 105 Å². The Hall–Kier alpha value is -1.76. The van der Waals surface area contributed by atoms with Crippen LogP contribution in [-0.2, 0) is 19.2 Å². The first-order chi connectivity index (χ1) is 8.27. The van der Waals surface area contributed by atoms with Crippen LogP contribution in [0.25, 0.3) is 0 Å². The molecule has 0 aromatic rings. The first-order valence-electron chi connectivity index (χ1n) is 5.45. The molecule has 0 aliphatic rings. The summed E-state index contributed by atoms with van der Waals surface area (Å²) in [5, 5.41) is 15.3. The van der Waals surface area contributed by atoms with Gasteiger partial charge in [-0.25, -0.2) is 0 Å². The van der Waals surface area contributed by atoms with Crippen LogP contribution in [-0.4, -0.2) is 42.6 Å². The summed E-state index contributed by atoms with van der Waals surface area (Å²) in [7, 11) is 1.38. The molecular weight excluding hydrogens is 240 g/mol. The van der Waals surface area contributed by atoms with E-state index in [0.29, 0.717) is 0 Å². The van der Waals surface area contributed by atoms with Crippen LogP contribution in [0, 0.1) is 0 Å². The number of ketones is 2. The van der Waals surface area contributed by atoms with Crippen LogP contribution in [0.5, 0.6) is 0 Å². The molecule has 0 heterocycles. The molecule has 2 unspecified atom stereocenters. The molecule has 0 bridgehead atoms. The maximum Gasteiger partial charge on any atom is 0.222 e. The lowest BCUT2D eigenvalue weighted by atomic mass is 10.1. The first-order valence-corrected chi connectivity index (χ1v) is 5.45. The van der Waals surface area contributed by atoms with Crippen molar-refractivity contribution in [1.29, 1.82) is 0 Å². The van der Waals surface area contributed by atoms with Gasteiger partial charge in [-0.3, -0.25) is 14.4 Å². The maximum absolute atomic E-state index is 11.5. The third kappa shape index (κ3) is 6.09. The highest BCUT2D eigenvalue weighted by Gasteiger charge is 2.20. The van der Waals surface area contributed by atoms with Gasteiger partial charge < -0.3 is 20.5 Å². The molecule has 7 heteroatoms. The smallest absolute Gasteiger partial charge is 0.222 e. The number of carbonyl (C=O) groups excluding carboxylic acids is 4. The summed E-state index contributed by atoms with van der Waals surface area (Å²) < 4.78 is 0. The van der Waals surface area contributed by atoms with Crippen molar-refractivity contribution >= 4 is 23.4 Å². The SMILES string of the molecule is CNC(CC(=O)NC(CC(C)=O)C(C)=O)C(=O)[O-]. The summed E-state index contributed by atoms with van der Waals surface area (Å²) in [6.07, 6.45) is -0.461. The van der Waals surface area contributed by atoms with Crippen molar-refractivity contribution in [3.63, 3.8) is 0 Å². The molecule has 18 heavy (non-hydrogen) atoms. The van der Waals surface area contributed by atoms with Crippen molar-refractivity contribution in [3.05, 3.63) is 0 Å². The van der Waals surface area contributed by atoms with Gasteiger partial charge in [0.05, 0.1) is 18.1 Å². The summed E-state index contributed by atoms with van der Waals surface area (Å²) >= 11 is 0. The highest BCUT2D eigenvalue weighted by Crippen LogP contribution is 1.98. The maximum atomic E-state index is 11.5. The summed E-state index contributed by atoms with van der Waals surface area (Å²) in [6, 6.07) is -2.04. The Morgan fingerprint density at radius 1 is 1.06 bits per heavy atom. The van der Waals surface area contributed by atoms with Gasteiger partial charge in [0, 0.05) is 12.8 Å². The number of nitrogens with one attached hydrogen (secondary N) is 2. The number of aliphatic carboxylic acids is 1. The van der Waals surface area contributed by atoms with Gasteiger partial charge in [-0.2, -0.15) is 0 Å². The quantitative estimate of drug-likeness (QED) is 0.508. The molecule has 0 aromatic heterocycles. The topological polar surface area (TPSA) is 115 Å². The van der Waals surface area contributed by atoms with Gasteiger partial charge in [0.1, 0.15) is 5.78 Å². The first kappa shape index (κ1) is 16.2. The van der Waals surface area contributed by atoms with Gasteiger partial charge >= 0.3 is 0 Å². The number of carbonyl (C=O) groups is 4. The zero-order chi connectivity index (χ0) is 14.3. The minimum Gasteiger partial charge on any atom is -0.548 e. The summed E-state index contributed by atoms with van der Waals surface area (Å²) in [4.78, 5) is 44.2. The molecule has 0 fully saturated rings. The van der Waals surface area contributed by atoms with E-state index in [-0.39, 0.29) is 24.4 Å². The fraction of sp³-hybridized carbons (Fsp3) is 0.636. The van der Waals surface area contributed by atoms with Crippen LogP contribution in [0.2, 0.25) is 0 Å². The van der Waals surface area contributed by atoms with Crippen LogP contribution < -0.4 is 15.7 Å². The molecule has 0 aliphatic carbocycles. The Kier molecular flexibility index (Phi) is 6.81. The zero-order valence-electron chi connectivity index (χ0n) is 10.6. The summed E-state index contributed by atoms with van der Waals surface area (Å²) in [6.45, 7) is 2.56. The predicted molar refractivity (Wildman–Crippen MR) is 60.4 cm³/mol. The van der Waals surface area contributed by atoms with E-state index in [1.807, 2.05) is 0 Å². The lowest BCUT2D eigenvalue weighted by Crippen LogP contribution is -2.49. The Balaban J connectivity index is 4.46. The van der Waals surface area contributed by atoms with Crippen molar-refractivity contribution in [1.82, 2.24) is 10.6 Å². The molecule has 0 aliphatic heterocycles. The van der Waals surface area contributed by atoms with Crippen molar-refractivity contribution in [2.45, 2.75) is 38.8 Å². The lowest BCUT2D eigenvalue weighted by molar-refractivity contribution is -0.308. The standard InChI is InChI=1S/C11H18N2O5/c1-6(14)4-8(7(2)15)13-10(16)5-9(12-3)11(17)18/h8-9,12H,4-5H2,1-3H3,(H,13,16)(H,17,18)/p-1. The van der Waals surface area contributed by atoms with Crippen LogP contribution in [0.3, 0.4) is 0 Å². The number of rotatable bonds is 8. The van der Waals surface area contributed by atoms with E-state index in [1.165, 1.54) is 20.9 Å². The van der Waals surface area contributed by atoms with Crippen LogP contribution in [0.1, 0.15) is 26.7 Å². The second-order valence-corrected chi connectivity index (χ2v) is 4.00. The monoisotopic (exact) mass is 257 g/mol. The van der Waals surface area contributed by atoms with Crippen molar-refractivity contribution in [2.24, 2.45) is 0 Å². The molecule has 0 saturated heterocycles. The van der Waals surface area contributed by atoms with Gasteiger partial charge in [0.25, 0.3) is 0 Å². The number of carboxylic acids is 1. The molecule has 0 radical (unpaired) electrons. The Morgan fingerprint density at radius 2 is 1.61 bits per heavy atom. The summed E-state index contributed by atoms with van der Waals surface area (Å²) in [5.41, 5.74) is 0. The summed E-state index contributed by atoms with van der Waals surface area (Å²) in [5.74, 6) is -2.62. The van der Waals surface area contributed by atoms with E-state index in [1.54, 1.807) is 0 Å².